The summed E-state index contributed by atoms with van der Waals surface area (Å²) in [6.45, 7) is 2.74. The van der Waals surface area contributed by atoms with Gasteiger partial charge in [-0.3, -0.25) is 0 Å². The molecule has 1 N–H and O–H groups in total. The van der Waals surface area contributed by atoms with E-state index >= 15 is 0 Å². The molecular weight excluding hydrogens is 316 g/mol. The number of amides is 2. The minimum atomic E-state index is -0.0778. The zero-order valence-electron chi connectivity index (χ0n) is 14.9. The molecule has 0 radical (unpaired) electrons. The fraction of sp³-hybridized carbons (Fsp3) is 0.350. The Morgan fingerprint density at radius 3 is 2.72 bits per heavy atom. The number of methoxy groups -OCH3 is 2. The molecule has 132 valence electrons. The van der Waals surface area contributed by atoms with E-state index in [1.807, 2.05) is 54.3 Å². The molecule has 2 amide bonds. The molecule has 25 heavy (non-hydrogen) atoms. The molecule has 1 aliphatic heterocycles. The topological polar surface area (TPSA) is 50.8 Å². The third-order valence-electron chi connectivity index (χ3n) is 4.58. The Labute approximate surface area is 148 Å². The van der Waals surface area contributed by atoms with Gasteiger partial charge in [-0.15, -0.1) is 0 Å². The predicted molar refractivity (Wildman–Crippen MR) is 98.4 cm³/mol. The Hall–Kier alpha value is -2.69. The second-order valence-electron chi connectivity index (χ2n) is 6.26. The molecule has 0 aromatic heterocycles. The summed E-state index contributed by atoms with van der Waals surface area (Å²) in [6, 6.07) is 13.5. The molecule has 0 bridgehead atoms. The van der Waals surface area contributed by atoms with Gasteiger partial charge in [0.1, 0.15) is 11.5 Å². The van der Waals surface area contributed by atoms with Gasteiger partial charge in [-0.1, -0.05) is 12.1 Å². The van der Waals surface area contributed by atoms with Crippen LogP contribution in [-0.2, 0) is 0 Å². The highest BCUT2D eigenvalue weighted by Gasteiger charge is 2.32. The van der Waals surface area contributed by atoms with E-state index in [0.29, 0.717) is 0 Å². The van der Waals surface area contributed by atoms with Crippen molar-refractivity contribution in [1.29, 1.82) is 0 Å². The summed E-state index contributed by atoms with van der Waals surface area (Å²) in [4.78, 5) is 14.7. The van der Waals surface area contributed by atoms with Crippen LogP contribution in [0.2, 0.25) is 0 Å². The monoisotopic (exact) mass is 340 g/mol. The highest BCUT2D eigenvalue weighted by Crippen LogP contribution is 2.38. The van der Waals surface area contributed by atoms with Gasteiger partial charge in [0.2, 0.25) is 0 Å². The molecule has 0 spiro atoms. The maximum atomic E-state index is 12.8. The SMILES string of the molecule is COc1ccc(C2CCCN2C(=O)Nc2cccc(C)c2)c(OC)c1. The molecule has 0 aliphatic carbocycles. The van der Waals surface area contributed by atoms with Crippen LogP contribution in [0.15, 0.2) is 42.5 Å². The minimum absolute atomic E-state index is 0.00525. The first kappa shape index (κ1) is 17.1. The number of hydrogen-bond acceptors (Lipinski definition) is 3. The molecule has 1 unspecified atom stereocenters. The molecule has 1 saturated heterocycles. The van der Waals surface area contributed by atoms with E-state index in [0.717, 1.165) is 47.7 Å². The van der Waals surface area contributed by atoms with Crippen molar-refractivity contribution in [2.24, 2.45) is 0 Å². The summed E-state index contributed by atoms with van der Waals surface area (Å²) < 4.78 is 10.8. The number of ether oxygens (including phenoxy) is 2. The zero-order valence-corrected chi connectivity index (χ0v) is 14.9. The van der Waals surface area contributed by atoms with Crippen LogP contribution in [0.5, 0.6) is 11.5 Å². The second-order valence-corrected chi connectivity index (χ2v) is 6.26. The number of rotatable bonds is 4. The maximum absolute atomic E-state index is 12.8. The number of hydrogen-bond donors (Lipinski definition) is 1. The van der Waals surface area contributed by atoms with E-state index in [1.54, 1.807) is 14.2 Å². The molecule has 1 atom stereocenters. The van der Waals surface area contributed by atoms with Crippen molar-refractivity contribution < 1.29 is 14.3 Å². The average Bonchev–Trinajstić information content (AvgIpc) is 3.10. The Morgan fingerprint density at radius 1 is 1.16 bits per heavy atom. The van der Waals surface area contributed by atoms with Crippen LogP contribution in [0.3, 0.4) is 0 Å². The highest BCUT2D eigenvalue weighted by atomic mass is 16.5. The number of aryl methyl sites for hydroxylation is 1. The van der Waals surface area contributed by atoms with Crippen molar-refractivity contribution in [3.8, 4) is 11.5 Å². The number of urea groups is 1. The number of likely N-dealkylation sites (tertiary alicyclic amines) is 1. The lowest BCUT2D eigenvalue weighted by Crippen LogP contribution is -2.34. The Kier molecular flexibility index (Phi) is 5.12. The van der Waals surface area contributed by atoms with E-state index in [4.69, 9.17) is 9.47 Å². The number of benzene rings is 2. The van der Waals surface area contributed by atoms with E-state index in [1.165, 1.54) is 0 Å². The van der Waals surface area contributed by atoms with Gasteiger partial charge in [-0.05, 0) is 49.6 Å². The van der Waals surface area contributed by atoms with E-state index < -0.39 is 0 Å². The third kappa shape index (κ3) is 3.71. The van der Waals surface area contributed by atoms with Gasteiger partial charge >= 0.3 is 6.03 Å². The average molecular weight is 340 g/mol. The summed E-state index contributed by atoms with van der Waals surface area (Å²) in [5.74, 6) is 1.49. The number of nitrogens with zero attached hydrogens (tertiary/aromatic N) is 1. The molecule has 1 fully saturated rings. The Balaban J connectivity index is 1.81. The van der Waals surface area contributed by atoms with Gasteiger partial charge in [0.15, 0.2) is 0 Å². The smallest absolute Gasteiger partial charge is 0.322 e. The fourth-order valence-corrected chi connectivity index (χ4v) is 3.34. The van der Waals surface area contributed by atoms with Gasteiger partial charge in [0.05, 0.1) is 20.3 Å². The minimum Gasteiger partial charge on any atom is -0.497 e. The lowest BCUT2D eigenvalue weighted by molar-refractivity contribution is 0.206. The molecule has 3 rings (SSSR count). The summed E-state index contributed by atoms with van der Waals surface area (Å²) in [5, 5.41) is 3.01. The number of carbonyl (C=O) groups excluding carboxylic acids is 1. The van der Waals surface area contributed by atoms with Crippen molar-refractivity contribution in [2.75, 3.05) is 26.1 Å². The summed E-state index contributed by atoms with van der Waals surface area (Å²) >= 11 is 0. The van der Waals surface area contributed by atoms with E-state index in [2.05, 4.69) is 5.32 Å². The van der Waals surface area contributed by atoms with E-state index in [9.17, 15) is 4.79 Å². The van der Waals surface area contributed by atoms with Crippen molar-refractivity contribution in [2.45, 2.75) is 25.8 Å². The van der Waals surface area contributed by atoms with Gasteiger partial charge in [0, 0.05) is 23.9 Å². The Bertz CT molecular complexity index is 760. The van der Waals surface area contributed by atoms with Crippen LogP contribution in [-0.4, -0.2) is 31.7 Å². The summed E-state index contributed by atoms with van der Waals surface area (Å²) in [5.41, 5.74) is 2.95. The molecule has 0 saturated carbocycles. The molecule has 2 aromatic rings. The van der Waals surface area contributed by atoms with Crippen molar-refractivity contribution in [3.05, 3.63) is 53.6 Å². The highest BCUT2D eigenvalue weighted by molar-refractivity contribution is 5.90. The molecule has 1 heterocycles. The van der Waals surface area contributed by atoms with Gasteiger partial charge in [-0.25, -0.2) is 4.79 Å². The van der Waals surface area contributed by atoms with Crippen LogP contribution in [0.4, 0.5) is 10.5 Å². The normalized spacial score (nSPS) is 16.6. The Morgan fingerprint density at radius 2 is 2.00 bits per heavy atom. The lowest BCUT2D eigenvalue weighted by atomic mass is 10.0. The molecule has 2 aromatic carbocycles. The quantitative estimate of drug-likeness (QED) is 0.898. The first-order valence-electron chi connectivity index (χ1n) is 8.48. The summed E-state index contributed by atoms with van der Waals surface area (Å²) in [6.07, 6.45) is 1.89. The van der Waals surface area contributed by atoms with Crippen molar-refractivity contribution in [1.82, 2.24) is 4.90 Å². The van der Waals surface area contributed by atoms with Gasteiger partial charge in [0.25, 0.3) is 0 Å². The van der Waals surface area contributed by atoms with Crippen molar-refractivity contribution in [3.63, 3.8) is 0 Å². The predicted octanol–water partition coefficient (Wildman–Crippen LogP) is 4.38. The number of anilines is 1. The summed E-state index contributed by atoms with van der Waals surface area (Å²) in [7, 11) is 3.27. The van der Waals surface area contributed by atoms with Gasteiger partial charge < -0.3 is 19.7 Å². The van der Waals surface area contributed by atoms with Crippen LogP contribution in [0.1, 0.15) is 30.0 Å². The maximum Gasteiger partial charge on any atom is 0.322 e. The number of nitrogens with one attached hydrogen (secondary N) is 1. The molecule has 5 heteroatoms. The third-order valence-corrected chi connectivity index (χ3v) is 4.58. The standard InChI is InChI=1S/C20H24N2O3/c1-14-6-4-7-15(12-14)21-20(23)22-11-5-8-18(22)17-10-9-16(24-2)13-19(17)25-3/h4,6-7,9-10,12-13,18H,5,8,11H2,1-3H3,(H,21,23). The van der Waals surface area contributed by atoms with Crippen LogP contribution < -0.4 is 14.8 Å². The van der Waals surface area contributed by atoms with Gasteiger partial charge in [-0.2, -0.15) is 0 Å². The zero-order chi connectivity index (χ0) is 17.8. The molecular formula is C20H24N2O3. The second kappa shape index (κ2) is 7.47. The molecule has 5 nitrogen and oxygen atoms in total. The van der Waals surface area contributed by atoms with Crippen LogP contribution in [0.25, 0.3) is 0 Å². The molecule has 1 aliphatic rings. The van der Waals surface area contributed by atoms with E-state index in [-0.39, 0.29) is 12.1 Å². The largest absolute Gasteiger partial charge is 0.497 e. The van der Waals surface area contributed by atoms with Crippen LogP contribution >= 0.6 is 0 Å². The fourth-order valence-electron chi connectivity index (χ4n) is 3.34. The first-order chi connectivity index (χ1) is 12.1. The lowest BCUT2D eigenvalue weighted by Gasteiger charge is -2.26. The van der Waals surface area contributed by atoms with Crippen LogP contribution in [0, 0.1) is 6.92 Å². The number of carbonyl (C=O) groups is 1. The first-order valence-corrected chi connectivity index (χ1v) is 8.48. The van der Waals surface area contributed by atoms with Crippen molar-refractivity contribution >= 4 is 11.7 Å².